The van der Waals surface area contributed by atoms with Gasteiger partial charge in [-0.3, -0.25) is 4.79 Å². The molecule has 1 aliphatic rings. The van der Waals surface area contributed by atoms with E-state index in [0.717, 1.165) is 5.56 Å². The molecule has 1 saturated heterocycles. The SMILES string of the molecule is Cc1ccc(-c2nnc(SC(C)C(=O)N3CCOCC3)o2)cc1. The van der Waals surface area contributed by atoms with Gasteiger partial charge >= 0.3 is 0 Å². The number of carbonyl (C=O) groups is 1. The molecule has 3 rings (SSSR count). The summed E-state index contributed by atoms with van der Waals surface area (Å²) in [5, 5.41) is 8.24. The predicted octanol–water partition coefficient (Wildman–Crippen LogP) is 2.38. The third kappa shape index (κ3) is 3.92. The summed E-state index contributed by atoms with van der Waals surface area (Å²) in [5.74, 6) is 0.548. The molecule has 7 heteroatoms. The zero-order valence-electron chi connectivity index (χ0n) is 13.2. The van der Waals surface area contributed by atoms with E-state index in [2.05, 4.69) is 10.2 Å². The van der Waals surface area contributed by atoms with Crippen LogP contribution in [-0.4, -0.2) is 52.6 Å². The van der Waals surface area contributed by atoms with Gasteiger partial charge in [-0.05, 0) is 26.0 Å². The van der Waals surface area contributed by atoms with Crippen LogP contribution in [-0.2, 0) is 9.53 Å². The number of benzene rings is 1. The molecule has 2 heterocycles. The van der Waals surface area contributed by atoms with Gasteiger partial charge in [-0.25, -0.2) is 0 Å². The van der Waals surface area contributed by atoms with Gasteiger partial charge in [0.2, 0.25) is 11.8 Å². The Balaban J connectivity index is 1.64. The second-order valence-corrected chi connectivity index (χ2v) is 6.73. The quantitative estimate of drug-likeness (QED) is 0.800. The van der Waals surface area contributed by atoms with Crippen molar-refractivity contribution in [1.82, 2.24) is 15.1 Å². The largest absolute Gasteiger partial charge is 0.411 e. The highest BCUT2D eigenvalue weighted by Crippen LogP contribution is 2.27. The molecule has 1 aromatic heterocycles. The lowest BCUT2D eigenvalue weighted by Gasteiger charge is -2.28. The van der Waals surface area contributed by atoms with Crippen LogP contribution in [0, 0.1) is 6.92 Å². The first-order valence-electron chi connectivity index (χ1n) is 7.57. The molecular formula is C16H19N3O3S. The molecule has 1 fully saturated rings. The average molecular weight is 333 g/mol. The third-order valence-electron chi connectivity index (χ3n) is 3.65. The van der Waals surface area contributed by atoms with Gasteiger partial charge in [-0.1, -0.05) is 29.5 Å². The molecule has 0 spiro atoms. The number of amides is 1. The van der Waals surface area contributed by atoms with Crippen LogP contribution < -0.4 is 0 Å². The first kappa shape index (κ1) is 16.0. The molecule has 0 N–H and O–H groups in total. The number of hydrogen-bond donors (Lipinski definition) is 0. The number of thioether (sulfide) groups is 1. The Morgan fingerprint density at radius 3 is 2.61 bits per heavy atom. The maximum Gasteiger partial charge on any atom is 0.277 e. The van der Waals surface area contributed by atoms with Gasteiger partial charge in [0.05, 0.1) is 18.5 Å². The highest BCUT2D eigenvalue weighted by atomic mass is 32.2. The van der Waals surface area contributed by atoms with E-state index >= 15 is 0 Å². The van der Waals surface area contributed by atoms with Crippen molar-refractivity contribution in [3.8, 4) is 11.5 Å². The van der Waals surface area contributed by atoms with Crippen molar-refractivity contribution in [3.05, 3.63) is 29.8 Å². The van der Waals surface area contributed by atoms with Crippen LogP contribution >= 0.6 is 11.8 Å². The van der Waals surface area contributed by atoms with Crippen LogP contribution in [0.4, 0.5) is 0 Å². The Bertz CT molecular complexity index is 665. The molecule has 1 aromatic carbocycles. The van der Waals surface area contributed by atoms with Gasteiger partial charge in [0.25, 0.3) is 5.22 Å². The number of carbonyl (C=O) groups excluding carboxylic acids is 1. The lowest BCUT2D eigenvalue weighted by atomic mass is 10.1. The summed E-state index contributed by atoms with van der Waals surface area (Å²) in [6.45, 7) is 6.36. The summed E-state index contributed by atoms with van der Waals surface area (Å²) in [6, 6.07) is 7.88. The summed E-state index contributed by atoms with van der Waals surface area (Å²) >= 11 is 1.29. The molecule has 0 bridgehead atoms. The van der Waals surface area contributed by atoms with Gasteiger partial charge in [-0.2, -0.15) is 0 Å². The standard InChI is InChI=1S/C16H19N3O3S/c1-11-3-5-13(6-4-11)14-17-18-16(22-14)23-12(2)15(20)19-7-9-21-10-8-19/h3-6,12H,7-10H2,1-2H3. The fourth-order valence-corrected chi connectivity index (χ4v) is 3.08. The molecule has 1 unspecified atom stereocenters. The summed E-state index contributed by atoms with van der Waals surface area (Å²) in [7, 11) is 0. The third-order valence-corrected chi connectivity index (χ3v) is 4.57. The second kappa shape index (κ2) is 7.14. The van der Waals surface area contributed by atoms with Crippen LogP contribution in [0.15, 0.2) is 33.9 Å². The van der Waals surface area contributed by atoms with Crippen LogP contribution in [0.2, 0.25) is 0 Å². The molecule has 2 aromatic rings. The van der Waals surface area contributed by atoms with Crippen molar-refractivity contribution in [2.75, 3.05) is 26.3 Å². The predicted molar refractivity (Wildman–Crippen MR) is 87.2 cm³/mol. The monoisotopic (exact) mass is 333 g/mol. The molecule has 0 saturated carbocycles. The molecule has 0 aliphatic carbocycles. The lowest BCUT2D eigenvalue weighted by molar-refractivity contribution is -0.134. The maximum absolute atomic E-state index is 12.4. The van der Waals surface area contributed by atoms with Crippen molar-refractivity contribution in [2.24, 2.45) is 0 Å². The van der Waals surface area contributed by atoms with Crippen molar-refractivity contribution in [2.45, 2.75) is 24.3 Å². The van der Waals surface area contributed by atoms with E-state index in [9.17, 15) is 4.79 Å². The molecule has 0 radical (unpaired) electrons. The lowest BCUT2D eigenvalue weighted by Crippen LogP contribution is -2.44. The summed E-state index contributed by atoms with van der Waals surface area (Å²) in [5.41, 5.74) is 2.05. The summed E-state index contributed by atoms with van der Waals surface area (Å²) < 4.78 is 10.9. The fraction of sp³-hybridized carbons (Fsp3) is 0.438. The Morgan fingerprint density at radius 2 is 1.91 bits per heavy atom. The van der Waals surface area contributed by atoms with Crippen LogP contribution in [0.25, 0.3) is 11.5 Å². The summed E-state index contributed by atoms with van der Waals surface area (Å²) in [6.07, 6.45) is 0. The Labute approximate surface area is 139 Å². The topological polar surface area (TPSA) is 68.5 Å². The van der Waals surface area contributed by atoms with Gasteiger partial charge in [0.15, 0.2) is 0 Å². The number of nitrogens with zero attached hydrogens (tertiary/aromatic N) is 3. The fourth-order valence-electron chi connectivity index (χ4n) is 2.31. The molecule has 1 aliphatic heterocycles. The molecule has 1 atom stereocenters. The molecule has 23 heavy (non-hydrogen) atoms. The van der Waals surface area contributed by atoms with Gasteiger partial charge < -0.3 is 14.1 Å². The highest BCUT2D eigenvalue weighted by Gasteiger charge is 2.25. The van der Waals surface area contributed by atoms with Crippen LogP contribution in [0.1, 0.15) is 12.5 Å². The van der Waals surface area contributed by atoms with E-state index in [1.54, 1.807) is 0 Å². The first-order valence-corrected chi connectivity index (χ1v) is 8.45. The van der Waals surface area contributed by atoms with Crippen LogP contribution in [0.5, 0.6) is 0 Å². The number of ether oxygens (including phenoxy) is 1. The molecule has 6 nitrogen and oxygen atoms in total. The van der Waals surface area contributed by atoms with Crippen molar-refractivity contribution in [1.29, 1.82) is 0 Å². The normalized spacial score (nSPS) is 16.3. The van der Waals surface area contributed by atoms with Gasteiger partial charge in [0, 0.05) is 18.7 Å². The van der Waals surface area contributed by atoms with Gasteiger partial charge in [-0.15, -0.1) is 10.2 Å². The zero-order valence-corrected chi connectivity index (χ0v) is 14.0. The number of aromatic nitrogens is 2. The maximum atomic E-state index is 12.4. The van der Waals surface area contributed by atoms with Crippen molar-refractivity contribution < 1.29 is 13.9 Å². The smallest absolute Gasteiger partial charge is 0.277 e. The van der Waals surface area contributed by atoms with E-state index in [1.165, 1.54) is 17.3 Å². The minimum atomic E-state index is -0.264. The van der Waals surface area contributed by atoms with E-state index in [0.29, 0.717) is 37.4 Å². The minimum absolute atomic E-state index is 0.0772. The average Bonchev–Trinajstić information content (AvgIpc) is 3.04. The zero-order chi connectivity index (χ0) is 16.2. The second-order valence-electron chi connectivity index (χ2n) is 5.44. The first-order chi connectivity index (χ1) is 11.1. The number of morpholine rings is 1. The Morgan fingerprint density at radius 1 is 1.22 bits per heavy atom. The Hall–Kier alpha value is -1.86. The number of aryl methyl sites for hydroxylation is 1. The van der Waals surface area contributed by atoms with Gasteiger partial charge in [0.1, 0.15) is 0 Å². The van der Waals surface area contributed by atoms with Crippen molar-refractivity contribution >= 4 is 17.7 Å². The number of hydrogen-bond acceptors (Lipinski definition) is 6. The van der Waals surface area contributed by atoms with E-state index in [-0.39, 0.29) is 11.2 Å². The molecule has 1 amide bonds. The number of rotatable bonds is 4. The Kier molecular flexibility index (Phi) is 4.97. The van der Waals surface area contributed by atoms with E-state index in [1.807, 2.05) is 43.0 Å². The highest BCUT2D eigenvalue weighted by molar-refractivity contribution is 8.00. The minimum Gasteiger partial charge on any atom is -0.411 e. The summed E-state index contributed by atoms with van der Waals surface area (Å²) in [4.78, 5) is 14.2. The molecular weight excluding hydrogens is 314 g/mol. The van der Waals surface area contributed by atoms with Crippen molar-refractivity contribution in [3.63, 3.8) is 0 Å². The van der Waals surface area contributed by atoms with E-state index in [4.69, 9.17) is 9.15 Å². The molecule has 122 valence electrons. The van der Waals surface area contributed by atoms with E-state index < -0.39 is 0 Å². The van der Waals surface area contributed by atoms with Crippen LogP contribution in [0.3, 0.4) is 0 Å².